The quantitative estimate of drug-likeness (QED) is 0.505. The van der Waals surface area contributed by atoms with E-state index >= 15 is 0 Å². The van der Waals surface area contributed by atoms with Gasteiger partial charge in [0, 0.05) is 13.0 Å². The van der Waals surface area contributed by atoms with Crippen LogP contribution in [0, 0.1) is 0 Å². The fourth-order valence-corrected chi connectivity index (χ4v) is 2.81. The Morgan fingerprint density at radius 1 is 1.17 bits per heavy atom. The third kappa shape index (κ3) is 3.68. The number of imidazole rings is 1. The van der Waals surface area contributed by atoms with Gasteiger partial charge < -0.3 is 14.6 Å². The van der Waals surface area contributed by atoms with Crippen LogP contribution in [0.4, 0.5) is 0 Å². The second kappa shape index (κ2) is 7.84. The van der Waals surface area contributed by atoms with E-state index in [1.165, 1.54) is 0 Å². The van der Waals surface area contributed by atoms with Gasteiger partial charge in [0.2, 0.25) is 6.41 Å². The van der Waals surface area contributed by atoms with Crippen LogP contribution in [0.15, 0.2) is 48.5 Å². The number of amides is 1. The summed E-state index contributed by atoms with van der Waals surface area (Å²) in [5, 5.41) is 3.28. The number of para-hydroxylation sites is 3. The Labute approximate surface area is 145 Å². The Hall–Kier alpha value is -2.53. The van der Waals surface area contributed by atoms with Crippen LogP contribution >= 0.6 is 11.6 Å². The summed E-state index contributed by atoms with van der Waals surface area (Å²) < 4.78 is 7.91. The second-order valence-corrected chi connectivity index (χ2v) is 5.68. The summed E-state index contributed by atoms with van der Waals surface area (Å²) >= 11 is 6.11. The van der Waals surface area contributed by atoms with E-state index in [1.54, 1.807) is 6.07 Å². The molecule has 0 fully saturated rings. The van der Waals surface area contributed by atoms with Gasteiger partial charge in [-0.1, -0.05) is 35.9 Å². The van der Waals surface area contributed by atoms with E-state index in [9.17, 15) is 4.79 Å². The first-order valence-corrected chi connectivity index (χ1v) is 8.16. The molecular formula is C18H18ClN3O2. The van der Waals surface area contributed by atoms with E-state index in [4.69, 9.17) is 16.3 Å². The van der Waals surface area contributed by atoms with Crippen molar-refractivity contribution >= 4 is 29.0 Å². The molecule has 0 aliphatic rings. The monoisotopic (exact) mass is 343 g/mol. The number of rotatable bonds is 8. The number of carbonyl (C=O) groups excluding carboxylic acids is 1. The van der Waals surface area contributed by atoms with Crippen molar-refractivity contribution in [2.45, 2.75) is 13.0 Å². The molecule has 0 aliphatic carbocycles. The van der Waals surface area contributed by atoms with Crippen molar-refractivity contribution in [3.63, 3.8) is 0 Å². The van der Waals surface area contributed by atoms with E-state index in [1.807, 2.05) is 42.5 Å². The van der Waals surface area contributed by atoms with Gasteiger partial charge in [0.1, 0.15) is 18.2 Å². The molecule has 0 saturated heterocycles. The number of aromatic nitrogens is 2. The molecule has 0 bridgehead atoms. The third-order valence-corrected chi connectivity index (χ3v) is 4.03. The minimum absolute atomic E-state index is 0.484. The first-order valence-electron chi connectivity index (χ1n) is 7.78. The minimum atomic E-state index is 0.484. The Kier molecular flexibility index (Phi) is 5.33. The SMILES string of the molecule is O=CNCCc1nc2ccccc2n1CCOc1ccccc1Cl. The zero-order valence-electron chi connectivity index (χ0n) is 13.1. The second-order valence-electron chi connectivity index (χ2n) is 5.27. The van der Waals surface area contributed by atoms with E-state index in [2.05, 4.69) is 14.9 Å². The number of halogens is 1. The Morgan fingerprint density at radius 2 is 1.96 bits per heavy atom. The van der Waals surface area contributed by atoms with Crippen molar-refractivity contribution in [2.75, 3.05) is 13.2 Å². The van der Waals surface area contributed by atoms with Gasteiger partial charge >= 0.3 is 0 Å². The topological polar surface area (TPSA) is 56.2 Å². The zero-order valence-corrected chi connectivity index (χ0v) is 13.9. The van der Waals surface area contributed by atoms with Crippen LogP contribution in [0.3, 0.4) is 0 Å². The molecule has 0 unspecified atom stereocenters. The lowest BCUT2D eigenvalue weighted by Gasteiger charge is -2.11. The summed E-state index contributed by atoms with van der Waals surface area (Å²) in [5.74, 6) is 1.60. The average molecular weight is 344 g/mol. The lowest BCUT2D eigenvalue weighted by molar-refractivity contribution is -0.109. The van der Waals surface area contributed by atoms with Crippen molar-refractivity contribution in [1.29, 1.82) is 0 Å². The van der Waals surface area contributed by atoms with E-state index in [-0.39, 0.29) is 0 Å². The molecule has 0 atom stereocenters. The Bertz CT molecular complexity index is 832. The maximum Gasteiger partial charge on any atom is 0.207 e. The van der Waals surface area contributed by atoms with Gasteiger partial charge in [0.05, 0.1) is 22.6 Å². The summed E-state index contributed by atoms with van der Waals surface area (Å²) in [4.78, 5) is 15.1. The Balaban J connectivity index is 1.75. The van der Waals surface area contributed by atoms with Gasteiger partial charge in [-0.15, -0.1) is 0 Å². The summed E-state index contributed by atoms with van der Waals surface area (Å²) in [7, 11) is 0. The molecule has 24 heavy (non-hydrogen) atoms. The molecule has 0 spiro atoms. The average Bonchev–Trinajstić information content (AvgIpc) is 2.95. The largest absolute Gasteiger partial charge is 0.490 e. The maximum absolute atomic E-state index is 10.4. The molecule has 1 heterocycles. The van der Waals surface area contributed by atoms with Crippen LogP contribution in [-0.4, -0.2) is 29.1 Å². The van der Waals surface area contributed by atoms with Crippen LogP contribution < -0.4 is 10.1 Å². The van der Waals surface area contributed by atoms with Crippen LogP contribution in [0.5, 0.6) is 5.75 Å². The third-order valence-electron chi connectivity index (χ3n) is 3.72. The van der Waals surface area contributed by atoms with Crippen molar-refractivity contribution in [3.8, 4) is 5.75 Å². The minimum Gasteiger partial charge on any atom is -0.490 e. The number of carbonyl (C=O) groups is 1. The first-order chi connectivity index (χ1) is 11.8. The molecule has 5 nitrogen and oxygen atoms in total. The standard InChI is InChI=1S/C18H18ClN3O2/c19-14-5-1-4-8-17(14)24-12-11-22-16-7-3-2-6-15(16)21-18(22)9-10-20-13-23/h1-8,13H,9-12H2,(H,20,23). The maximum atomic E-state index is 10.4. The molecule has 0 saturated carbocycles. The van der Waals surface area contributed by atoms with E-state index in [0.717, 1.165) is 16.9 Å². The molecule has 6 heteroatoms. The fourth-order valence-electron chi connectivity index (χ4n) is 2.62. The predicted molar refractivity (Wildman–Crippen MR) is 94.5 cm³/mol. The van der Waals surface area contributed by atoms with E-state index < -0.39 is 0 Å². The number of hydrogen-bond donors (Lipinski definition) is 1. The summed E-state index contributed by atoms with van der Waals surface area (Å²) in [5.41, 5.74) is 2.00. The zero-order chi connectivity index (χ0) is 16.8. The van der Waals surface area contributed by atoms with Gasteiger partial charge in [-0.05, 0) is 24.3 Å². The van der Waals surface area contributed by atoms with Gasteiger partial charge in [0.15, 0.2) is 0 Å². The summed E-state index contributed by atoms with van der Waals surface area (Å²) in [6.45, 7) is 1.69. The normalized spacial score (nSPS) is 10.7. The van der Waals surface area contributed by atoms with Gasteiger partial charge in [-0.3, -0.25) is 4.79 Å². The van der Waals surface area contributed by atoms with Crippen LogP contribution in [0.1, 0.15) is 5.82 Å². The van der Waals surface area contributed by atoms with Crippen LogP contribution in [-0.2, 0) is 17.8 Å². The molecule has 2 aromatic carbocycles. The van der Waals surface area contributed by atoms with Crippen molar-refractivity contribution in [3.05, 3.63) is 59.4 Å². The molecule has 1 aromatic heterocycles. The summed E-state index contributed by atoms with van der Waals surface area (Å²) in [6, 6.07) is 15.4. The molecule has 3 rings (SSSR count). The number of hydrogen-bond acceptors (Lipinski definition) is 3. The first kappa shape index (κ1) is 16.3. The van der Waals surface area contributed by atoms with Crippen LogP contribution in [0.25, 0.3) is 11.0 Å². The Morgan fingerprint density at radius 3 is 2.79 bits per heavy atom. The fraction of sp³-hybridized carbons (Fsp3) is 0.222. The molecule has 1 amide bonds. The number of fused-ring (bicyclic) bond motifs is 1. The van der Waals surface area contributed by atoms with Crippen LogP contribution in [0.2, 0.25) is 5.02 Å². The van der Waals surface area contributed by atoms with Crippen molar-refractivity contribution in [1.82, 2.24) is 14.9 Å². The van der Waals surface area contributed by atoms with E-state index in [0.29, 0.717) is 43.3 Å². The molecule has 3 aromatic rings. The highest BCUT2D eigenvalue weighted by Crippen LogP contribution is 2.23. The molecule has 0 radical (unpaired) electrons. The van der Waals surface area contributed by atoms with Crippen molar-refractivity contribution in [2.24, 2.45) is 0 Å². The lowest BCUT2D eigenvalue weighted by atomic mass is 10.3. The number of ether oxygens (including phenoxy) is 1. The number of nitrogens with one attached hydrogen (secondary N) is 1. The number of benzene rings is 2. The van der Waals surface area contributed by atoms with Crippen molar-refractivity contribution < 1.29 is 9.53 Å². The highest BCUT2D eigenvalue weighted by atomic mass is 35.5. The smallest absolute Gasteiger partial charge is 0.207 e. The predicted octanol–water partition coefficient (Wildman–Crippen LogP) is 3.06. The molecule has 1 N–H and O–H groups in total. The molecule has 124 valence electrons. The number of nitrogens with zero attached hydrogens (tertiary/aromatic N) is 2. The highest BCUT2D eigenvalue weighted by Gasteiger charge is 2.10. The molecule has 0 aliphatic heterocycles. The van der Waals surface area contributed by atoms with Gasteiger partial charge in [-0.2, -0.15) is 0 Å². The van der Waals surface area contributed by atoms with Gasteiger partial charge in [-0.25, -0.2) is 4.98 Å². The van der Waals surface area contributed by atoms with Gasteiger partial charge in [0.25, 0.3) is 0 Å². The molecular weight excluding hydrogens is 326 g/mol. The summed E-state index contributed by atoms with van der Waals surface area (Å²) in [6.07, 6.45) is 1.37. The lowest BCUT2D eigenvalue weighted by Crippen LogP contribution is -2.18. The highest BCUT2D eigenvalue weighted by molar-refractivity contribution is 6.32.